The van der Waals surface area contributed by atoms with Gasteiger partial charge in [-0.05, 0) is 6.42 Å². The van der Waals surface area contributed by atoms with Gasteiger partial charge in [0.1, 0.15) is 54.6 Å². The number of hydrogen-bond donors (Lipinski definition) is 11. The van der Waals surface area contributed by atoms with E-state index in [4.69, 9.17) is 59.0 Å². The number of aliphatic hydroxyl groups is 3. The molecule has 16 atom stereocenters. The smallest absolute Gasteiger partial charge is 0.479 e. The fraction of sp³-hybridized carbons (Fsp3) is 0.595. The van der Waals surface area contributed by atoms with Gasteiger partial charge in [0.05, 0.1) is 58.0 Å². The van der Waals surface area contributed by atoms with Gasteiger partial charge in [0, 0.05) is 26.7 Å². The van der Waals surface area contributed by atoms with Crippen LogP contribution in [-0.4, -0.2) is 185 Å². The largest absolute Gasteiger partial charge is 0.756 e. The van der Waals surface area contributed by atoms with Gasteiger partial charge in [0.15, 0.2) is 41.4 Å². The molecule has 6 aromatic heterocycles. The third kappa shape index (κ3) is 12.3. The van der Waals surface area contributed by atoms with Gasteiger partial charge in [-0.15, -0.1) is 0 Å². The predicted molar refractivity (Wildman–Crippen MR) is 259 cm³/mol. The molecule has 0 spiro atoms. The van der Waals surface area contributed by atoms with Crippen LogP contribution in [0.15, 0.2) is 34.9 Å². The molecule has 0 bridgehead atoms. The summed E-state index contributed by atoms with van der Waals surface area (Å²) in [5, 5.41) is 33.2. The van der Waals surface area contributed by atoms with Gasteiger partial charge in [-0.1, -0.05) is 4.98 Å². The number of phosphoric acid groups is 2. The lowest BCUT2D eigenvalue weighted by atomic mass is 9.95. The van der Waals surface area contributed by atoms with Gasteiger partial charge in [-0.2, -0.15) is 4.98 Å². The van der Waals surface area contributed by atoms with E-state index < -0.39 is 148 Å². The Morgan fingerprint density at radius 1 is 0.747 bits per heavy atom. The highest BCUT2D eigenvalue weighted by Crippen LogP contribution is 2.62. The molecule has 3 fully saturated rings. The van der Waals surface area contributed by atoms with Crippen LogP contribution in [0, 0.1) is 5.92 Å². The number of nitrogens with zero attached hydrogens (tertiary/aromatic N) is 10. The Kier molecular flexibility index (Phi) is 16.8. The Morgan fingerprint density at radius 3 is 2.11 bits per heavy atom. The molecule has 0 saturated carbocycles. The Balaban J connectivity index is 0.850. The van der Waals surface area contributed by atoms with Gasteiger partial charge >= 0.3 is 28.7 Å². The molecular weight excluding hydrogens is 1150 g/mol. The van der Waals surface area contributed by atoms with Crippen molar-refractivity contribution in [2.45, 2.75) is 73.9 Å². The molecule has 0 amide bonds. The molecular formula is C37H53N15O23P4. The Morgan fingerprint density at radius 2 is 1.39 bits per heavy atom. The number of nitrogens with one attached hydrogen (secondary N) is 2. The topological polar surface area (TPSA) is 545 Å². The second-order valence-corrected chi connectivity index (χ2v) is 25.0. The molecule has 14 N–H and O–H groups in total. The Bertz CT molecular complexity index is 3550. The number of imidazole rings is 3. The maximum absolute atomic E-state index is 13.6. The highest BCUT2D eigenvalue weighted by molar-refractivity contribution is 7.64. The molecule has 5 unspecified atom stereocenters. The fourth-order valence-corrected chi connectivity index (χ4v) is 14.8. The van der Waals surface area contributed by atoms with E-state index in [2.05, 4.69) is 44.2 Å². The van der Waals surface area contributed by atoms with Crippen LogP contribution in [0.5, 0.6) is 0 Å². The molecule has 434 valence electrons. The second-order valence-electron chi connectivity index (χ2n) is 18.1. The van der Waals surface area contributed by atoms with Crippen molar-refractivity contribution < 1.29 is 104 Å². The summed E-state index contributed by atoms with van der Waals surface area (Å²) in [5.74, 6) is -1.41. The average Bonchev–Trinajstić information content (AvgIpc) is 4.30. The third-order valence-corrected chi connectivity index (χ3v) is 18.7. The van der Waals surface area contributed by atoms with Gasteiger partial charge in [0.2, 0.25) is 17.7 Å². The van der Waals surface area contributed by atoms with E-state index in [1.165, 1.54) is 33.5 Å². The van der Waals surface area contributed by atoms with Crippen LogP contribution in [0.4, 0.5) is 17.7 Å². The first-order valence-electron chi connectivity index (χ1n) is 23.3. The van der Waals surface area contributed by atoms with E-state index in [9.17, 15) is 62.7 Å². The van der Waals surface area contributed by atoms with Crippen molar-refractivity contribution in [2.24, 2.45) is 13.0 Å². The number of anilines is 3. The zero-order valence-electron chi connectivity index (χ0n) is 41.3. The van der Waals surface area contributed by atoms with Crippen molar-refractivity contribution in [1.82, 2.24) is 53.6 Å². The molecule has 3 aliphatic heterocycles. The number of methoxy groups -OCH3 is 2. The molecule has 9 rings (SSSR count). The number of rotatable bonds is 23. The molecule has 9 heterocycles. The van der Waals surface area contributed by atoms with Crippen LogP contribution in [0.25, 0.3) is 33.5 Å². The first kappa shape index (κ1) is 58.5. The maximum atomic E-state index is 13.6. The number of H-pyrrole nitrogens is 2. The van der Waals surface area contributed by atoms with Gasteiger partial charge < -0.3 is 89.3 Å². The lowest BCUT2D eigenvalue weighted by Gasteiger charge is -2.31. The summed E-state index contributed by atoms with van der Waals surface area (Å²) in [6.45, 7) is -2.76. The van der Waals surface area contributed by atoms with Crippen LogP contribution in [0.1, 0.15) is 25.1 Å². The lowest BCUT2D eigenvalue weighted by Crippen LogP contribution is -2.45. The van der Waals surface area contributed by atoms with E-state index in [-0.39, 0.29) is 64.2 Å². The summed E-state index contributed by atoms with van der Waals surface area (Å²) < 4.78 is 113. The molecule has 0 aromatic carbocycles. The van der Waals surface area contributed by atoms with Crippen molar-refractivity contribution in [3.63, 3.8) is 0 Å². The third-order valence-electron chi connectivity index (χ3n) is 12.9. The minimum atomic E-state index is -5.72. The highest BCUT2D eigenvalue weighted by Gasteiger charge is 2.52. The standard InChI is InChI=1S/C37H53N15O23P4/c1-49-14-52(30-21(49)32(57)48-37(40)46-30)33-22(53)15(4-5-66-2)16(71-33)8-68-76(58,59)6-7-77(60,61)75-79(64,65)70-10-18-25(26(67-3)35(73-18)50-12-43-19-27(38)41-11-42-28(19)50)74-78(62,63)69-9-17-23(54)24(55)34(72-17)51-13-44-20-29(51)45-36(39)47-31(20)56/h11-18,22-26,33-35,53-55H,4-10H2,1-3H3,(H11-,38,39,40,41,42,45,46,47,48,56,57,58,59,60,61,62,63,64,65)/t15-,16-,17-,18?,22-,23-,24-,25-,26-,33-,34-,35-/m1/s1. The Hall–Kier alpha value is -5.11. The lowest BCUT2D eigenvalue weighted by molar-refractivity contribution is -0.745. The Labute approximate surface area is 441 Å². The summed E-state index contributed by atoms with van der Waals surface area (Å²) in [6.07, 6.45) is -14.6. The minimum absolute atomic E-state index is 0.0309. The van der Waals surface area contributed by atoms with Gasteiger partial charge in [0.25, 0.3) is 24.9 Å². The summed E-state index contributed by atoms with van der Waals surface area (Å²) >= 11 is 0. The first-order chi connectivity index (χ1) is 37.2. The summed E-state index contributed by atoms with van der Waals surface area (Å²) in [6, 6.07) is 0. The zero-order valence-corrected chi connectivity index (χ0v) is 44.9. The zero-order chi connectivity index (χ0) is 57.1. The van der Waals surface area contributed by atoms with E-state index in [1.54, 1.807) is 7.05 Å². The number of nitrogens with two attached hydrogens (primary N) is 3. The van der Waals surface area contributed by atoms with Crippen LogP contribution >= 0.6 is 30.8 Å². The molecule has 6 aromatic rings. The number of aromatic amines is 2. The van der Waals surface area contributed by atoms with Crippen molar-refractivity contribution in [3.05, 3.63) is 46.0 Å². The number of ether oxygens (including phenoxy) is 5. The number of fused-ring (bicyclic) bond motifs is 3. The molecule has 42 heteroatoms. The number of nitrogen functional groups attached to an aromatic ring is 3. The molecule has 0 aliphatic carbocycles. The van der Waals surface area contributed by atoms with E-state index in [0.717, 1.165) is 24.3 Å². The second kappa shape index (κ2) is 22.7. The minimum Gasteiger partial charge on any atom is -0.756 e. The quantitative estimate of drug-likeness (QED) is 0.0216. The van der Waals surface area contributed by atoms with Crippen molar-refractivity contribution in [1.29, 1.82) is 0 Å². The van der Waals surface area contributed by atoms with E-state index in [0.29, 0.717) is 0 Å². The van der Waals surface area contributed by atoms with E-state index in [1.807, 2.05) is 0 Å². The van der Waals surface area contributed by atoms with Crippen molar-refractivity contribution >= 4 is 82.0 Å². The molecule has 38 nitrogen and oxygen atoms in total. The van der Waals surface area contributed by atoms with Gasteiger partial charge in [-0.3, -0.25) is 51.5 Å². The number of hydrogen-bond acceptors (Lipinski definition) is 29. The number of phosphoric ester groups is 2. The number of aryl methyl sites for hydroxylation is 1. The predicted octanol–water partition coefficient (Wildman–Crippen LogP) is -3.90. The first-order valence-corrected chi connectivity index (χ1v) is 29.7. The number of aromatic nitrogens is 12. The fourth-order valence-electron chi connectivity index (χ4n) is 9.22. The van der Waals surface area contributed by atoms with Crippen molar-refractivity contribution in [3.8, 4) is 0 Å². The average molecular weight is 1200 g/mol. The molecule has 3 saturated heterocycles. The van der Waals surface area contributed by atoms with Gasteiger partial charge in [-0.25, -0.2) is 33.4 Å². The SMILES string of the molecule is COCC[C@H]1[C@@H](O)[C@H]([n+]2cn(C)c3c(=O)[nH]c(N)nc32)O[C@@H]1COP(=O)(O)CCP(=O)(O)OP(=O)(O)OCC1O[C@@H](n2cnc3c(N)ncnc32)[C@H](OC)[C@@H]1OP(=O)([O-])OC[C@H]1O[C@@H](n2cnc3c(=O)[nH]c(N)nc32)[C@H](O)[C@@H]1O. The summed E-state index contributed by atoms with van der Waals surface area (Å²) in [4.78, 5) is 99.7. The van der Waals surface area contributed by atoms with E-state index >= 15 is 0 Å². The number of aliphatic hydroxyl groups excluding tert-OH is 3. The summed E-state index contributed by atoms with van der Waals surface area (Å²) in [5.41, 5.74) is 16.0. The van der Waals surface area contributed by atoms with Crippen LogP contribution in [0.3, 0.4) is 0 Å². The molecule has 3 aliphatic rings. The van der Waals surface area contributed by atoms with Crippen LogP contribution in [0.2, 0.25) is 0 Å². The van der Waals surface area contributed by atoms with Crippen molar-refractivity contribution in [2.75, 3.05) is 70.2 Å². The normalized spacial score (nSPS) is 29.5. The highest BCUT2D eigenvalue weighted by atomic mass is 31.3. The monoisotopic (exact) mass is 1200 g/mol. The van der Waals surface area contributed by atoms with Crippen LogP contribution in [-0.2, 0) is 71.4 Å². The maximum Gasteiger partial charge on any atom is 0.479 e. The van der Waals surface area contributed by atoms with Crippen LogP contribution < -0.4 is 37.8 Å². The molecule has 0 radical (unpaired) electrons. The summed E-state index contributed by atoms with van der Waals surface area (Å²) in [7, 11) is -17.6. The molecule has 79 heavy (non-hydrogen) atoms.